The Balaban J connectivity index is 2.30. The molecule has 2 heterocycles. The van der Waals surface area contributed by atoms with Crippen molar-refractivity contribution in [2.45, 2.75) is 19.8 Å². The summed E-state index contributed by atoms with van der Waals surface area (Å²) in [5.41, 5.74) is 0.881. The van der Waals surface area contributed by atoms with Crippen LogP contribution < -0.4 is 10.6 Å². The lowest BCUT2D eigenvalue weighted by Gasteiger charge is -2.10. The average molecular weight is 260 g/mol. The van der Waals surface area contributed by atoms with Gasteiger partial charge in [-0.3, -0.25) is 10.1 Å². The van der Waals surface area contributed by atoms with Gasteiger partial charge in [0.2, 0.25) is 5.95 Å². The Morgan fingerprint density at radius 1 is 1.37 bits per heavy atom. The second-order valence-electron chi connectivity index (χ2n) is 4.29. The molecular formula is C12H16N6O. The van der Waals surface area contributed by atoms with E-state index in [0.717, 1.165) is 0 Å². The number of nitrogens with zero attached hydrogens (tertiary/aromatic N) is 3. The van der Waals surface area contributed by atoms with Crippen LogP contribution in [-0.4, -0.2) is 32.9 Å². The van der Waals surface area contributed by atoms with Crippen molar-refractivity contribution in [1.29, 1.82) is 0 Å². The normalized spacial score (nSPS) is 10.5. The second kappa shape index (κ2) is 5.47. The van der Waals surface area contributed by atoms with Crippen molar-refractivity contribution in [1.82, 2.24) is 19.9 Å². The first-order valence-corrected chi connectivity index (χ1v) is 5.97. The van der Waals surface area contributed by atoms with Crippen LogP contribution in [0, 0.1) is 0 Å². The molecule has 2 aromatic rings. The summed E-state index contributed by atoms with van der Waals surface area (Å²) >= 11 is 0. The van der Waals surface area contributed by atoms with Crippen molar-refractivity contribution >= 4 is 17.5 Å². The molecule has 100 valence electrons. The lowest BCUT2D eigenvalue weighted by Crippen LogP contribution is -2.18. The lowest BCUT2D eigenvalue weighted by molar-refractivity contribution is 0.102. The van der Waals surface area contributed by atoms with Crippen molar-refractivity contribution in [2.24, 2.45) is 0 Å². The Labute approximate surface area is 110 Å². The number of imidazole rings is 1. The van der Waals surface area contributed by atoms with Crippen LogP contribution in [0.2, 0.25) is 0 Å². The maximum Gasteiger partial charge on any atom is 0.278 e. The third-order valence-electron chi connectivity index (χ3n) is 2.54. The smallest absolute Gasteiger partial charge is 0.278 e. The van der Waals surface area contributed by atoms with E-state index in [1.807, 2.05) is 13.8 Å². The number of hydrogen-bond acceptors (Lipinski definition) is 5. The van der Waals surface area contributed by atoms with Crippen LogP contribution in [0.25, 0.3) is 0 Å². The summed E-state index contributed by atoms with van der Waals surface area (Å²) in [7, 11) is 1.72. The quantitative estimate of drug-likeness (QED) is 0.776. The van der Waals surface area contributed by atoms with E-state index >= 15 is 0 Å². The number of hydrogen-bond donors (Lipinski definition) is 3. The average Bonchev–Trinajstić information content (AvgIpc) is 2.90. The molecule has 0 atom stereocenters. The molecule has 0 aliphatic carbocycles. The van der Waals surface area contributed by atoms with E-state index in [0.29, 0.717) is 23.2 Å². The number of aromatic nitrogens is 4. The number of anilines is 2. The Morgan fingerprint density at radius 3 is 2.74 bits per heavy atom. The Bertz CT molecular complexity index is 564. The number of nitrogens with one attached hydrogen (secondary N) is 3. The maximum atomic E-state index is 12.2. The molecule has 7 heteroatoms. The number of carbonyl (C=O) groups excluding carboxylic acids is 1. The third kappa shape index (κ3) is 2.87. The molecule has 0 saturated heterocycles. The van der Waals surface area contributed by atoms with Gasteiger partial charge in [0.15, 0.2) is 5.69 Å². The van der Waals surface area contributed by atoms with E-state index in [4.69, 9.17) is 0 Å². The van der Waals surface area contributed by atoms with E-state index in [2.05, 4.69) is 30.6 Å². The molecule has 0 radical (unpaired) electrons. The van der Waals surface area contributed by atoms with E-state index in [1.54, 1.807) is 25.6 Å². The Kier molecular flexibility index (Phi) is 3.74. The van der Waals surface area contributed by atoms with Gasteiger partial charge < -0.3 is 10.3 Å². The largest absolute Gasteiger partial charge is 0.385 e. The molecule has 0 unspecified atom stereocenters. The number of rotatable bonds is 4. The van der Waals surface area contributed by atoms with E-state index in [-0.39, 0.29) is 11.8 Å². The zero-order valence-electron chi connectivity index (χ0n) is 11.1. The van der Waals surface area contributed by atoms with Crippen molar-refractivity contribution in [2.75, 3.05) is 17.7 Å². The molecule has 1 amide bonds. The van der Waals surface area contributed by atoms with Gasteiger partial charge in [-0.25, -0.2) is 15.0 Å². The van der Waals surface area contributed by atoms with E-state index in [1.165, 1.54) is 0 Å². The van der Waals surface area contributed by atoms with Gasteiger partial charge in [0, 0.05) is 25.4 Å². The molecule has 2 rings (SSSR count). The van der Waals surface area contributed by atoms with Crippen molar-refractivity contribution < 1.29 is 4.79 Å². The van der Waals surface area contributed by atoms with Crippen LogP contribution >= 0.6 is 0 Å². The van der Waals surface area contributed by atoms with Crippen molar-refractivity contribution in [3.63, 3.8) is 0 Å². The fourth-order valence-electron chi connectivity index (χ4n) is 1.53. The molecule has 2 aromatic heterocycles. The minimum atomic E-state index is -0.330. The van der Waals surface area contributed by atoms with E-state index in [9.17, 15) is 4.79 Å². The Hall–Kier alpha value is -2.44. The highest BCUT2D eigenvalue weighted by Crippen LogP contribution is 2.16. The molecule has 0 saturated carbocycles. The molecule has 0 aliphatic rings. The monoisotopic (exact) mass is 260 g/mol. The molecular weight excluding hydrogens is 244 g/mol. The Morgan fingerprint density at radius 2 is 2.16 bits per heavy atom. The molecule has 0 fully saturated rings. The van der Waals surface area contributed by atoms with Crippen molar-refractivity contribution in [3.8, 4) is 0 Å². The maximum absolute atomic E-state index is 12.2. The first-order chi connectivity index (χ1) is 9.11. The summed E-state index contributed by atoms with van der Waals surface area (Å²) in [4.78, 5) is 27.4. The zero-order valence-corrected chi connectivity index (χ0v) is 11.1. The fourth-order valence-corrected chi connectivity index (χ4v) is 1.53. The summed E-state index contributed by atoms with van der Waals surface area (Å²) in [6, 6.07) is 0. The van der Waals surface area contributed by atoms with Crippen LogP contribution in [0.15, 0.2) is 18.6 Å². The molecule has 0 aromatic carbocycles. The predicted molar refractivity (Wildman–Crippen MR) is 72.2 cm³/mol. The highest BCUT2D eigenvalue weighted by molar-refractivity contribution is 6.05. The minimum Gasteiger partial charge on any atom is -0.385 e. The molecule has 19 heavy (non-hydrogen) atoms. The summed E-state index contributed by atoms with van der Waals surface area (Å²) in [5, 5.41) is 5.55. The van der Waals surface area contributed by atoms with Gasteiger partial charge >= 0.3 is 0 Å². The van der Waals surface area contributed by atoms with Crippen molar-refractivity contribution in [3.05, 3.63) is 30.1 Å². The van der Waals surface area contributed by atoms with Gasteiger partial charge in [0.25, 0.3) is 5.91 Å². The number of carbonyl (C=O) groups is 1. The van der Waals surface area contributed by atoms with Gasteiger partial charge in [-0.1, -0.05) is 13.8 Å². The van der Waals surface area contributed by atoms with Gasteiger partial charge in [-0.05, 0) is 0 Å². The minimum absolute atomic E-state index is 0.154. The highest BCUT2D eigenvalue weighted by atomic mass is 16.2. The molecule has 0 bridgehead atoms. The first-order valence-electron chi connectivity index (χ1n) is 5.97. The molecule has 3 N–H and O–H groups in total. The standard InChI is InChI=1S/C12H16N6O/c1-7(2)10-16-6-8(13-3)9(17-10)11(19)18-12-14-4-5-15-12/h4-7,13H,1-3H3,(H2,14,15,18,19). The van der Waals surface area contributed by atoms with Crippen LogP contribution in [0.1, 0.15) is 36.1 Å². The van der Waals surface area contributed by atoms with Gasteiger partial charge in [-0.15, -0.1) is 0 Å². The lowest BCUT2D eigenvalue weighted by atomic mass is 10.2. The highest BCUT2D eigenvalue weighted by Gasteiger charge is 2.16. The SMILES string of the molecule is CNc1cnc(C(C)C)nc1C(=O)Nc1ncc[nH]1. The number of amides is 1. The van der Waals surface area contributed by atoms with Gasteiger partial charge in [0.05, 0.1) is 11.9 Å². The number of aromatic amines is 1. The topological polar surface area (TPSA) is 95.6 Å². The summed E-state index contributed by atoms with van der Waals surface area (Å²) < 4.78 is 0. The summed E-state index contributed by atoms with van der Waals surface area (Å²) in [5.74, 6) is 0.838. The van der Waals surface area contributed by atoms with Crippen LogP contribution in [0.4, 0.5) is 11.6 Å². The molecule has 0 spiro atoms. The predicted octanol–water partition coefficient (Wildman–Crippen LogP) is 1.62. The van der Waals surface area contributed by atoms with Crippen LogP contribution in [0.5, 0.6) is 0 Å². The van der Waals surface area contributed by atoms with Crippen LogP contribution in [-0.2, 0) is 0 Å². The van der Waals surface area contributed by atoms with E-state index < -0.39 is 0 Å². The molecule has 0 aliphatic heterocycles. The zero-order chi connectivity index (χ0) is 13.8. The fraction of sp³-hybridized carbons (Fsp3) is 0.333. The van der Waals surface area contributed by atoms with Crippen LogP contribution in [0.3, 0.4) is 0 Å². The second-order valence-corrected chi connectivity index (χ2v) is 4.29. The molecule has 7 nitrogen and oxygen atoms in total. The number of H-pyrrole nitrogens is 1. The summed E-state index contributed by atoms with van der Waals surface area (Å²) in [6.45, 7) is 3.95. The van der Waals surface area contributed by atoms with Gasteiger partial charge in [-0.2, -0.15) is 0 Å². The summed E-state index contributed by atoms with van der Waals surface area (Å²) in [6.07, 6.45) is 4.81. The first kappa shape index (κ1) is 13.0. The van der Waals surface area contributed by atoms with Gasteiger partial charge in [0.1, 0.15) is 5.82 Å². The third-order valence-corrected chi connectivity index (χ3v) is 2.54.